The summed E-state index contributed by atoms with van der Waals surface area (Å²) in [7, 11) is 0. The molecule has 4 fully saturated rings. The number of hydrogen-bond donors (Lipinski definition) is 3. The molecule has 0 amide bonds. The van der Waals surface area contributed by atoms with Crippen LogP contribution in [0.25, 0.3) is 0 Å². The number of hydrogen-bond acceptors (Lipinski definition) is 4. The third-order valence-corrected chi connectivity index (χ3v) is 9.39. The van der Waals surface area contributed by atoms with Gasteiger partial charge in [0.2, 0.25) is 0 Å². The molecule has 0 saturated heterocycles. The van der Waals surface area contributed by atoms with E-state index in [0.717, 1.165) is 44.9 Å². The van der Waals surface area contributed by atoms with Gasteiger partial charge in [-0.2, -0.15) is 0 Å². The Hall–Kier alpha value is -0.450. The van der Waals surface area contributed by atoms with Crippen LogP contribution in [0.1, 0.15) is 72.1 Å². The molecule has 4 nitrogen and oxygen atoms in total. The van der Waals surface area contributed by atoms with Crippen molar-refractivity contribution in [3.63, 3.8) is 0 Å². The first-order valence-electron chi connectivity index (χ1n) is 10.2. The molecule has 0 bridgehead atoms. The molecular formula is C21H34O4. The topological polar surface area (TPSA) is 77.8 Å². The minimum Gasteiger partial charge on any atom is -0.393 e. The molecule has 0 aromatic heterocycles. The zero-order valence-corrected chi connectivity index (χ0v) is 15.9. The number of Topliss-reactive ketones (excluding diaryl/α,β-unsaturated/α-hetero) is 1. The third-order valence-electron chi connectivity index (χ3n) is 9.39. The highest BCUT2D eigenvalue weighted by Gasteiger charge is 2.67. The second-order valence-corrected chi connectivity index (χ2v) is 10.1. The van der Waals surface area contributed by atoms with Crippen LogP contribution in [-0.2, 0) is 4.79 Å². The molecule has 4 heteroatoms. The van der Waals surface area contributed by atoms with Gasteiger partial charge in [-0.05, 0) is 87.4 Å². The number of fused-ring (bicyclic) bond motifs is 5. The molecule has 25 heavy (non-hydrogen) atoms. The lowest BCUT2D eigenvalue weighted by Gasteiger charge is -2.62. The number of carbonyl (C=O) groups excluding carboxylic acids is 1. The van der Waals surface area contributed by atoms with Gasteiger partial charge in [0.1, 0.15) is 5.60 Å². The largest absolute Gasteiger partial charge is 0.393 e. The highest BCUT2D eigenvalue weighted by molar-refractivity contribution is 5.86. The van der Waals surface area contributed by atoms with Gasteiger partial charge in [0, 0.05) is 5.41 Å². The van der Waals surface area contributed by atoms with Gasteiger partial charge in [0.15, 0.2) is 5.78 Å². The fourth-order valence-corrected chi connectivity index (χ4v) is 7.87. The Bertz CT molecular complexity index is 576. The zero-order chi connectivity index (χ0) is 18.2. The second-order valence-electron chi connectivity index (χ2n) is 10.1. The lowest BCUT2D eigenvalue weighted by Crippen LogP contribution is -2.61. The van der Waals surface area contributed by atoms with Gasteiger partial charge in [-0.25, -0.2) is 0 Å². The minimum absolute atomic E-state index is 0.0832. The molecule has 9 atom stereocenters. The minimum atomic E-state index is -1.19. The van der Waals surface area contributed by atoms with Crippen LogP contribution >= 0.6 is 0 Å². The van der Waals surface area contributed by atoms with Crippen molar-refractivity contribution in [3.8, 4) is 0 Å². The molecule has 142 valence electrons. The molecule has 0 unspecified atom stereocenters. The Morgan fingerprint density at radius 3 is 2.28 bits per heavy atom. The van der Waals surface area contributed by atoms with E-state index in [1.54, 1.807) is 0 Å². The molecule has 0 aromatic rings. The van der Waals surface area contributed by atoms with E-state index in [1.807, 2.05) is 0 Å². The maximum atomic E-state index is 12.3. The Morgan fingerprint density at radius 2 is 1.60 bits per heavy atom. The number of carbonyl (C=O) groups is 1. The molecule has 0 radical (unpaired) electrons. The van der Waals surface area contributed by atoms with E-state index < -0.39 is 5.60 Å². The lowest BCUT2D eigenvalue weighted by atomic mass is 9.43. The first kappa shape index (κ1) is 17.9. The Balaban J connectivity index is 1.68. The SMILES string of the molecule is CC(=O)[C@@]1(O)CC[C@H]2[C@@H]3C[C@@H](O)[C@H]4C[C@@H](O)CC[C@]4(C)[C@H]3CC[C@@]21C. The van der Waals surface area contributed by atoms with E-state index in [1.165, 1.54) is 6.92 Å². The van der Waals surface area contributed by atoms with Crippen molar-refractivity contribution in [2.24, 2.45) is 34.5 Å². The maximum absolute atomic E-state index is 12.3. The van der Waals surface area contributed by atoms with E-state index in [9.17, 15) is 20.1 Å². The fraction of sp³-hybridized carbons (Fsp3) is 0.952. The van der Waals surface area contributed by atoms with Crippen molar-refractivity contribution in [2.45, 2.75) is 89.9 Å². The monoisotopic (exact) mass is 350 g/mol. The van der Waals surface area contributed by atoms with E-state index in [-0.39, 0.29) is 34.7 Å². The van der Waals surface area contributed by atoms with Crippen LogP contribution < -0.4 is 0 Å². The molecule has 4 rings (SSSR count). The summed E-state index contributed by atoms with van der Waals surface area (Å²) in [5.41, 5.74) is -1.45. The highest BCUT2D eigenvalue weighted by Crippen LogP contribution is 2.68. The Kier molecular flexibility index (Phi) is 3.97. The van der Waals surface area contributed by atoms with Crippen LogP contribution in [0.5, 0.6) is 0 Å². The predicted molar refractivity (Wildman–Crippen MR) is 94.8 cm³/mol. The highest BCUT2D eigenvalue weighted by atomic mass is 16.3. The standard InChI is InChI=1S/C21H34O4/c1-12(22)21(25)9-6-16-14-11-18(24)17-10-13(23)4-7-19(17,2)15(14)5-8-20(16,21)3/h13-18,23-25H,4-11H2,1-3H3/t13-,14+,15-,16-,17+,18+,19+,20-,21-/m0/s1. The van der Waals surface area contributed by atoms with Crippen molar-refractivity contribution >= 4 is 5.78 Å². The number of aliphatic hydroxyl groups is 3. The number of aliphatic hydroxyl groups excluding tert-OH is 2. The van der Waals surface area contributed by atoms with Gasteiger partial charge in [-0.15, -0.1) is 0 Å². The summed E-state index contributed by atoms with van der Waals surface area (Å²) in [6, 6.07) is 0. The molecule has 4 saturated carbocycles. The molecule has 0 aromatic carbocycles. The first-order chi connectivity index (χ1) is 11.6. The number of rotatable bonds is 1. The molecule has 0 heterocycles. The third kappa shape index (κ3) is 2.20. The molecule has 4 aliphatic rings. The van der Waals surface area contributed by atoms with Crippen molar-refractivity contribution in [1.29, 1.82) is 0 Å². The summed E-state index contributed by atoms with van der Waals surface area (Å²) in [6.45, 7) is 5.99. The summed E-state index contributed by atoms with van der Waals surface area (Å²) in [5.74, 6) is 1.35. The number of ketones is 1. The zero-order valence-electron chi connectivity index (χ0n) is 15.9. The smallest absolute Gasteiger partial charge is 0.161 e. The normalized spacial score (nSPS) is 58.2. The van der Waals surface area contributed by atoms with Crippen molar-refractivity contribution in [3.05, 3.63) is 0 Å². The summed E-state index contributed by atoms with van der Waals surface area (Å²) >= 11 is 0. The van der Waals surface area contributed by atoms with Crippen LogP contribution in [0.2, 0.25) is 0 Å². The van der Waals surface area contributed by atoms with Crippen molar-refractivity contribution in [2.75, 3.05) is 0 Å². The van der Waals surface area contributed by atoms with Gasteiger partial charge in [0.25, 0.3) is 0 Å². The van der Waals surface area contributed by atoms with Gasteiger partial charge < -0.3 is 15.3 Å². The molecule has 4 aliphatic carbocycles. The van der Waals surface area contributed by atoms with E-state index >= 15 is 0 Å². The lowest BCUT2D eigenvalue weighted by molar-refractivity contribution is -0.189. The second kappa shape index (κ2) is 5.53. The average molecular weight is 350 g/mol. The summed E-state index contributed by atoms with van der Waals surface area (Å²) < 4.78 is 0. The van der Waals surface area contributed by atoms with Crippen LogP contribution in [0.15, 0.2) is 0 Å². The van der Waals surface area contributed by atoms with Gasteiger partial charge in [-0.1, -0.05) is 13.8 Å². The quantitative estimate of drug-likeness (QED) is 0.679. The van der Waals surface area contributed by atoms with Gasteiger partial charge >= 0.3 is 0 Å². The van der Waals surface area contributed by atoms with Crippen LogP contribution in [0.3, 0.4) is 0 Å². The van der Waals surface area contributed by atoms with Crippen molar-refractivity contribution in [1.82, 2.24) is 0 Å². The predicted octanol–water partition coefficient (Wildman–Crippen LogP) is 2.68. The molecule has 0 aliphatic heterocycles. The summed E-state index contributed by atoms with van der Waals surface area (Å²) in [6.07, 6.45) is 6.07. The fourth-order valence-electron chi connectivity index (χ4n) is 7.87. The summed E-state index contributed by atoms with van der Waals surface area (Å²) in [5, 5.41) is 32.2. The Labute approximate surface area is 151 Å². The molecule has 3 N–H and O–H groups in total. The molecular weight excluding hydrogens is 316 g/mol. The van der Waals surface area contributed by atoms with Crippen molar-refractivity contribution < 1.29 is 20.1 Å². The van der Waals surface area contributed by atoms with Gasteiger partial charge in [0.05, 0.1) is 12.2 Å². The summed E-state index contributed by atoms with van der Waals surface area (Å²) in [4.78, 5) is 12.3. The van der Waals surface area contributed by atoms with Crippen LogP contribution in [0.4, 0.5) is 0 Å². The first-order valence-corrected chi connectivity index (χ1v) is 10.2. The average Bonchev–Trinajstić information content (AvgIpc) is 2.83. The van der Waals surface area contributed by atoms with E-state index in [4.69, 9.17) is 0 Å². The Morgan fingerprint density at radius 1 is 0.920 bits per heavy atom. The van der Waals surface area contributed by atoms with Crippen LogP contribution in [-0.4, -0.2) is 38.9 Å². The maximum Gasteiger partial charge on any atom is 0.161 e. The van der Waals surface area contributed by atoms with E-state index in [0.29, 0.717) is 24.2 Å². The molecule has 0 spiro atoms. The van der Waals surface area contributed by atoms with Gasteiger partial charge in [-0.3, -0.25) is 4.79 Å². The van der Waals surface area contributed by atoms with Crippen LogP contribution in [0, 0.1) is 34.5 Å². The van der Waals surface area contributed by atoms with E-state index in [2.05, 4.69) is 13.8 Å².